The number of fused-ring (bicyclic) bond motifs is 2. The molecule has 2 fully saturated rings. The van der Waals surface area contributed by atoms with E-state index in [4.69, 9.17) is 19.6 Å². The number of alkyl halides is 2. The Morgan fingerprint density at radius 1 is 1.15 bits per heavy atom. The topological polar surface area (TPSA) is 76.0 Å². The summed E-state index contributed by atoms with van der Waals surface area (Å²) in [7, 11) is 1.51. The van der Waals surface area contributed by atoms with E-state index in [1.165, 1.54) is 24.5 Å². The zero-order valence-corrected chi connectivity index (χ0v) is 26.1. The van der Waals surface area contributed by atoms with Crippen molar-refractivity contribution >= 4 is 33.1 Å². The number of benzene rings is 1. The number of anilines is 1. The van der Waals surface area contributed by atoms with E-state index in [9.17, 15) is 18.0 Å². The predicted molar refractivity (Wildman–Crippen MR) is 166 cm³/mol. The summed E-state index contributed by atoms with van der Waals surface area (Å²) in [6.07, 6.45) is 1.28. The maximum Gasteiger partial charge on any atom is 0.272 e. The SMILES string of the molecule is C=CC(=O)N1CCn2nc(-c3nc(N4CC(N5CC(F)(F)C5)C4)c4ccsc4c3-c3c(F)cc(F)cc3OCCOC)cc2[C@H]1C. The maximum absolute atomic E-state index is 16.0. The molecule has 0 spiro atoms. The van der Waals surface area contributed by atoms with E-state index in [0.29, 0.717) is 53.6 Å². The maximum atomic E-state index is 16.0. The van der Waals surface area contributed by atoms with Crippen LogP contribution in [0.15, 0.2) is 42.3 Å². The van der Waals surface area contributed by atoms with Crippen molar-refractivity contribution in [3.05, 3.63) is 59.6 Å². The lowest BCUT2D eigenvalue weighted by molar-refractivity contribution is -0.148. The van der Waals surface area contributed by atoms with Gasteiger partial charge in [-0.2, -0.15) is 5.10 Å². The van der Waals surface area contributed by atoms with Gasteiger partial charge in [-0.3, -0.25) is 14.4 Å². The first-order chi connectivity index (χ1) is 22.1. The fraction of sp³-hybridized carbons (Fsp3) is 0.406. The summed E-state index contributed by atoms with van der Waals surface area (Å²) >= 11 is 1.38. The fourth-order valence-corrected chi connectivity index (χ4v) is 7.45. The van der Waals surface area contributed by atoms with Crippen LogP contribution >= 0.6 is 11.3 Å². The Morgan fingerprint density at radius 2 is 1.93 bits per heavy atom. The van der Waals surface area contributed by atoms with Gasteiger partial charge in [0.25, 0.3) is 5.92 Å². The van der Waals surface area contributed by atoms with Gasteiger partial charge in [-0.1, -0.05) is 6.58 Å². The van der Waals surface area contributed by atoms with Crippen LogP contribution in [0.5, 0.6) is 5.75 Å². The number of aromatic nitrogens is 3. The number of methoxy groups -OCH3 is 1. The van der Waals surface area contributed by atoms with Crippen molar-refractivity contribution in [2.75, 3.05) is 57.9 Å². The van der Waals surface area contributed by atoms with Crippen LogP contribution in [0, 0.1) is 11.6 Å². The molecule has 3 aromatic heterocycles. The van der Waals surface area contributed by atoms with Gasteiger partial charge in [-0.15, -0.1) is 11.3 Å². The predicted octanol–water partition coefficient (Wildman–Crippen LogP) is 5.36. The van der Waals surface area contributed by atoms with Gasteiger partial charge in [-0.05, 0) is 30.5 Å². The minimum absolute atomic E-state index is 0.00266. The van der Waals surface area contributed by atoms with E-state index in [-0.39, 0.29) is 55.6 Å². The molecular weight excluding hydrogens is 624 g/mol. The van der Waals surface area contributed by atoms with Gasteiger partial charge in [0, 0.05) is 60.6 Å². The normalized spacial score (nSPS) is 19.6. The number of nitrogens with zero attached hydrogens (tertiary/aromatic N) is 6. The van der Waals surface area contributed by atoms with Gasteiger partial charge in [0.2, 0.25) is 5.91 Å². The third-order valence-electron chi connectivity index (χ3n) is 8.91. The Labute approximate surface area is 266 Å². The summed E-state index contributed by atoms with van der Waals surface area (Å²) in [5, 5.41) is 7.50. The van der Waals surface area contributed by atoms with Crippen LogP contribution in [-0.2, 0) is 16.1 Å². The van der Waals surface area contributed by atoms with E-state index < -0.39 is 17.6 Å². The lowest BCUT2D eigenvalue weighted by atomic mass is 9.97. The third kappa shape index (κ3) is 5.21. The number of hydrogen-bond acceptors (Lipinski definition) is 8. The molecule has 0 saturated carbocycles. The zero-order valence-electron chi connectivity index (χ0n) is 25.3. The number of halogens is 4. The molecule has 1 atom stereocenters. The molecule has 2 saturated heterocycles. The Morgan fingerprint density at radius 3 is 2.65 bits per heavy atom. The number of rotatable bonds is 9. The Hall–Kier alpha value is -4.01. The average Bonchev–Trinajstić information content (AvgIpc) is 3.64. The minimum atomic E-state index is -2.65. The molecule has 4 aromatic rings. The van der Waals surface area contributed by atoms with Crippen LogP contribution < -0.4 is 9.64 Å². The molecule has 0 unspecified atom stereocenters. The molecule has 0 radical (unpaired) electrons. The van der Waals surface area contributed by atoms with E-state index in [2.05, 4.69) is 6.58 Å². The number of hydrogen-bond donors (Lipinski definition) is 0. The second-order valence-electron chi connectivity index (χ2n) is 11.8. The summed E-state index contributed by atoms with van der Waals surface area (Å²) in [5.74, 6) is -3.82. The van der Waals surface area contributed by atoms with Crippen LogP contribution in [0.4, 0.5) is 23.4 Å². The first kappa shape index (κ1) is 30.6. The second-order valence-corrected chi connectivity index (χ2v) is 12.7. The quantitative estimate of drug-likeness (QED) is 0.137. The van der Waals surface area contributed by atoms with Gasteiger partial charge >= 0.3 is 0 Å². The van der Waals surface area contributed by atoms with Crippen LogP contribution in [0.3, 0.4) is 0 Å². The lowest BCUT2D eigenvalue weighted by Gasteiger charge is -2.52. The Kier molecular flexibility index (Phi) is 7.76. The molecule has 1 amide bonds. The summed E-state index contributed by atoms with van der Waals surface area (Å²) in [4.78, 5) is 23.2. The minimum Gasteiger partial charge on any atom is -0.490 e. The van der Waals surface area contributed by atoms with Gasteiger partial charge in [0.1, 0.15) is 41.2 Å². The van der Waals surface area contributed by atoms with E-state index in [1.54, 1.807) is 9.80 Å². The number of carbonyl (C=O) groups excluding carboxylic acids is 1. The largest absolute Gasteiger partial charge is 0.490 e. The number of thiophene rings is 1. The monoisotopic (exact) mass is 656 g/mol. The summed E-state index contributed by atoms with van der Waals surface area (Å²) in [6, 6.07) is 5.37. The smallest absolute Gasteiger partial charge is 0.272 e. The zero-order chi connectivity index (χ0) is 32.3. The number of likely N-dealkylation sites (tertiary alicyclic amines) is 1. The van der Waals surface area contributed by atoms with Crippen LogP contribution in [0.2, 0.25) is 0 Å². The number of pyridine rings is 1. The van der Waals surface area contributed by atoms with Crippen molar-refractivity contribution in [2.45, 2.75) is 31.5 Å². The van der Waals surface area contributed by atoms with E-state index >= 15 is 4.39 Å². The van der Waals surface area contributed by atoms with Gasteiger partial charge in [-0.25, -0.2) is 22.5 Å². The molecule has 9 nitrogen and oxygen atoms in total. The van der Waals surface area contributed by atoms with Crippen molar-refractivity contribution in [1.29, 1.82) is 0 Å². The van der Waals surface area contributed by atoms with Crippen molar-refractivity contribution < 1.29 is 31.8 Å². The van der Waals surface area contributed by atoms with Crippen molar-refractivity contribution in [2.24, 2.45) is 0 Å². The lowest BCUT2D eigenvalue weighted by Crippen LogP contribution is -2.69. The fourth-order valence-electron chi connectivity index (χ4n) is 6.51. The van der Waals surface area contributed by atoms with Crippen LogP contribution in [0.25, 0.3) is 32.6 Å². The highest BCUT2D eigenvalue weighted by Crippen LogP contribution is 2.48. The van der Waals surface area contributed by atoms with Gasteiger partial charge in [0.05, 0.1) is 43.5 Å². The van der Waals surface area contributed by atoms with E-state index in [1.807, 2.05) is 34.0 Å². The molecule has 3 aliphatic heterocycles. The van der Waals surface area contributed by atoms with Gasteiger partial charge in [0.15, 0.2) is 0 Å². The van der Waals surface area contributed by atoms with Crippen molar-refractivity contribution in [1.82, 2.24) is 24.6 Å². The molecule has 0 aliphatic carbocycles. The standard InChI is InChI=1S/C32H32F4N6O3S/c1-4-26(43)41-6-7-42-24(18(41)2)13-23(38-42)29-28(27-22(34)11-19(33)12-25(27)45-9-8-44-3)30-21(5-10-46-30)31(37-29)39-14-20(15-39)40-16-32(35,36)17-40/h4-5,10-13,18,20H,1,6-9,14-17H2,2-3H3/t18-/m1/s1. The van der Waals surface area contributed by atoms with Crippen LogP contribution in [0.1, 0.15) is 18.7 Å². The molecule has 0 bridgehead atoms. The highest BCUT2D eigenvalue weighted by atomic mass is 32.1. The molecular formula is C32H32F4N6O3S. The molecule has 0 N–H and O–H groups in total. The van der Waals surface area contributed by atoms with Crippen LogP contribution in [-0.4, -0.2) is 95.5 Å². The summed E-state index contributed by atoms with van der Waals surface area (Å²) in [5.41, 5.74) is 2.04. The summed E-state index contributed by atoms with van der Waals surface area (Å²) < 4.78 is 71.1. The van der Waals surface area contributed by atoms with Crippen molar-refractivity contribution in [3.8, 4) is 28.3 Å². The molecule has 7 rings (SSSR count). The number of amides is 1. The first-order valence-corrected chi connectivity index (χ1v) is 15.9. The molecule has 3 aliphatic rings. The highest BCUT2D eigenvalue weighted by Gasteiger charge is 2.49. The molecule has 46 heavy (non-hydrogen) atoms. The number of carbonyl (C=O) groups is 1. The molecule has 6 heterocycles. The summed E-state index contributed by atoms with van der Waals surface area (Å²) in [6.45, 7) is 7.19. The van der Waals surface area contributed by atoms with E-state index in [0.717, 1.165) is 23.2 Å². The highest BCUT2D eigenvalue weighted by molar-refractivity contribution is 7.18. The number of ether oxygens (including phenoxy) is 2. The Bertz CT molecular complexity index is 1830. The molecule has 14 heteroatoms. The molecule has 1 aromatic carbocycles. The second kappa shape index (κ2) is 11.7. The van der Waals surface area contributed by atoms with Gasteiger partial charge < -0.3 is 19.3 Å². The third-order valence-corrected chi connectivity index (χ3v) is 9.84. The Balaban J connectivity index is 1.37. The molecule has 242 valence electrons. The average molecular weight is 657 g/mol. The first-order valence-electron chi connectivity index (χ1n) is 15.0. The van der Waals surface area contributed by atoms with Crippen molar-refractivity contribution in [3.63, 3.8) is 0 Å².